The summed E-state index contributed by atoms with van der Waals surface area (Å²) < 4.78 is 5.67. The Hall–Kier alpha value is -2.34. The third-order valence-corrected chi connectivity index (χ3v) is 4.98. The fraction of sp³-hybridized carbons (Fsp3) is 0.524. The minimum absolute atomic E-state index is 0.278. The van der Waals surface area contributed by atoms with Crippen molar-refractivity contribution in [2.75, 3.05) is 36.9 Å². The fourth-order valence-electron chi connectivity index (χ4n) is 3.37. The molecule has 0 bridgehead atoms. The molecule has 6 nitrogen and oxygen atoms in total. The number of hydrogen-bond acceptors (Lipinski definition) is 6. The van der Waals surface area contributed by atoms with Gasteiger partial charge in [0.15, 0.2) is 0 Å². The highest BCUT2D eigenvalue weighted by Gasteiger charge is 2.23. The number of nitrogens with one attached hydrogen (secondary N) is 3. The quantitative estimate of drug-likeness (QED) is 0.416. The largest absolute Gasteiger partial charge is 0.494 e. The minimum Gasteiger partial charge on any atom is -0.494 e. The normalized spacial score (nSPS) is 15.0. The van der Waals surface area contributed by atoms with Crippen molar-refractivity contribution in [1.29, 1.82) is 0 Å². The van der Waals surface area contributed by atoms with Crippen molar-refractivity contribution in [3.8, 4) is 5.75 Å². The van der Waals surface area contributed by atoms with Crippen LogP contribution in [0.4, 0.5) is 11.4 Å². The van der Waals surface area contributed by atoms with E-state index in [1.165, 1.54) is 0 Å². The van der Waals surface area contributed by atoms with Crippen molar-refractivity contribution in [2.24, 2.45) is 0 Å². The van der Waals surface area contributed by atoms with E-state index in [0.717, 1.165) is 64.0 Å². The monoisotopic (exact) mass is 371 g/mol. The van der Waals surface area contributed by atoms with Gasteiger partial charge >= 0.3 is 0 Å². The van der Waals surface area contributed by atoms with Crippen LogP contribution in [0.25, 0.3) is 0 Å². The van der Waals surface area contributed by atoms with Crippen molar-refractivity contribution >= 4 is 11.4 Å². The number of benzene rings is 1. The van der Waals surface area contributed by atoms with Gasteiger partial charge in [0.25, 0.3) is 10.9 Å². The molecule has 2 aromatic rings. The molecule has 1 saturated heterocycles. The van der Waals surface area contributed by atoms with Crippen LogP contribution in [0.2, 0.25) is 0 Å². The number of hydrogen-bond donors (Lipinski definition) is 3. The van der Waals surface area contributed by atoms with Crippen molar-refractivity contribution in [3.63, 3.8) is 0 Å². The smallest absolute Gasteiger partial charge is 0.253 e. The molecule has 0 spiro atoms. The van der Waals surface area contributed by atoms with Gasteiger partial charge < -0.3 is 20.7 Å². The number of unbranched alkanes of at least 4 members (excludes halogenated alkanes) is 3. The number of rotatable bonds is 11. The average Bonchev–Trinajstić information content (AvgIpc) is 2.72. The number of piperidine rings is 1. The summed E-state index contributed by atoms with van der Waals surface area (Å²) in [5.74, 6) is 0.910. The Labute approximate surface area is 160 Å². The van der Waals surface area contributed by atoms with Gasteiger partial charge in [-0.05, 0) is 50.9 Å². The average molecular weight is 371 g/mol. The highest BCUT2D eigenvalue weighted by atomic mass is 16.5. The summed E-state index contributed by atoms with van der Waals surface area (Å²) in [6, 6.07) is 10.1. The van der Waals surface area contributed by atoms with E-state index in [1.54, 1.807) is 0 Å². The van der Waals surface area contributed by atoms with Crippen LogP contribution >= 0.6 is 0 Å². The van der Waals surface area contributed by atoms with Gasteiger partial charge in [-0.15, -0.1) is 0 Å². The van der Waals surface area contributed by atoms with Crippen molar-refractivity contribution in [1.82, 2.24) is 5.32 Å². The molecule has 0 aliphatic carbocycles. The molecule has 2 aromatic carbocycles. The molecule has 0 saturated carbocycles. The first-order valence-corrected chi connectivity index (χ1v) is 9.98. The molecule has 3 N–H and O–H groups in total. The summed E-state index contributed by atoms with van der Waals surface area (Å²) in [5, 5.41) is 9.71. The van der Waals surface area contributed by atoms with Crippen LogP contribution in [-0.4, -0.2) is 32.3 Å². The second kappa shape index (κ2) is 10.1. The molecule has 146 valence electrons. The van der Waals surface area contributed by atoms with Gasteiger partial charge in [-0.2, -0.15) is 0 Å². The fourth-order valence-corrected chi connectivity index (χ4v) is 3.37. The van der Waals surface area contributed by atoms with Crippen molar-refractivity contribution in [2.45, 2.75) is 44.6 Å². The second-order valence-electron chi connectivity index (χ2n) is 7.08. The summed E-state index contributed by atoms with van der Waals surface area (Å²) in [5.41, 5.74) is 0.200. The molecule has 3 rings (SSSR count). The molecule has 1 fully saturated rings. The van der Waals surface area contributed by atoms with Crippen molar-refractivity contribution in [3.05, 3.63) is 50.8 Å². The van der Waals surface area contributed by atoms with E-state index in [2.05, 4.69) is 16.0 Å². The van der Waals surface area contributed by atoms with Crippen LogP contribution in [0.15, 0.2) is 39.9 Å². The van der Waals surface area contributed by atoms with Crippen LogP contribution in [0.5, 0.6) is 5.75 Å². The molecular weight excluding hydrogens is 342 g/mol. The van der Waals surface area contributed by atoms with E-state index in [9.17, 15) is 9.59 Å². The third-order valence-electron chi connectivity index (χ3n) is 4.98. The number of para-hydroxylation sites is 1. The van der Waals surface area contributed by atoms with Gasteiger partial charge in [0, 0.05) is 12.6 Å². The highest BCUT2D eigenvalue weighted by Crippen LogP contribution is 2.18. The Balaban J connectivity index is 1.29. The minimum atomic E-state index is -0.386. The summed E-state index contributed by atoms with van der Waals surface area (Å²) in [4.78, 5) is 23.6. The molecule has 6 heteroatoms. The van der Waals surface area contributed by atoms with Gasteiger partial charge in [-0.3, -0.25) is 9.59 Å². The van der Waals surface area contributed by atoms with E-state index >= 15 is 0 Å². The topological polar surface area (TPSA) is 79.5 Å². The number of anilines is 2. The van der Waals surface area contributed by atoms with Crippen LogP contribution in [0, 0.1) is 0 Å². The molecule has 1 heterocycles. The molecule has 0 unspecified atom stereocenters. The Morgan fingerprint density at radius 3 is 2.41 bits per heavy atom. The van der Waals surface area contributed by atoms with Gasteiger partial charge in [-0.1, -0.05) is 31.0 Å². The predicted molar refractivity (Wildman–Crippen MR) is 110 cm³/mol. The predicted octanol–water partition coefficient (Wildman–Crippen LogP) is 2.50. The lowest BCUT2D eigenvalue weighted by molar-refractivity contribution is 0.305. The van der Waals surface area contributed by atoms with E-state index < -0.39 is 0 Å². The van der Waals surface area contributed by atoms with E-state index in [1.807, 2.05) is 30.3 Å². The van der Waals surface area contributed by atoms with Crippen LogP contribution in [-0.2, 0) is 0 Å². The van der Waals surface area contributed by atoms with Gasteiger partial charge in [-0.25, -0.2) is 0 Å². The van der Waals surface area contributed by atoms with Crippen molar-refractivity contribution < 1.29 is 4.74 Å². The van der Waals surface area contributed by atoms with Crippen LogP contribution in [0.3, 0.4) is 0 Å². The van der Waals surface area contributed by atoms with E-state index in [-0.39, 0.29) is 16.9 Å². The van der Waals surface area contributed by atoms with E-state index in [0.29, 0.717) is 17.9 Å². The third kappa shape index (κ3) is 5.57. The highest BCUT2D eigenvalue weighted by molar-refractivity contribution is 5.74. The standard InChI is InChI=1S/C21H29N3O3/c25-20-18(19(21(20)26)24-16-10-13-22-14-11-16)23-12-6-1-2-7-15-27-17-8-4-3-5-9-17/h3-5,8-9,16,22-24H,1-2,6-7,10-15H2. The lowest BCUT2D eigenvalue weighted by Gasteiger charge is -2.26. The lowest BCUT2D eigenvalue weighted by Crippen LogP contribution is -2.42. The zero-order valence-corrected chi connectivity index (χ0v) is 15.8. The first-order chi connectivity index (χ1) is 13.3. The molecule has 1 aliphatic rings. The Kier molecular flexibility index (Phi) is 7.27. The second-order valence-corrected chi connectivity index (χ2v) is 7.08. The molecule has 0 radical (unpaired) electrons. The Morgan fingerprint density at radius 2 is 1.63 bits per heavy atom. The first-order valence-electron chi connectivity index (χ1n) is 9.98. The van der Waals surface area contributed by atoms with Crippen LogP contribution in [0.1, 0.15) is 38.5 Å². The molecule has 0 amide bonds. The maximum atomic E-state index is 11.8. The summed E-state index contributed by atoms with van der Waals surface area (Å²) >= 11 is 0. The molecule has 1 aliphatic heterocycles. The van der Waals surface area contributed by atoms with Gasteiger partial charge in [0.1, 0.15) is 17.1 Å². The lowest BCUT2D eigenvalue weighted by atomic mass is 10.0. The Bertz CT molecular complexity index is 763. The van der Waals surface area contributed by atoms with Crippen LogP contribution < -0.4 is 31.5 Å². The van der Waals surface area contributed by atoms with Gasteiger partial charge in [0.05, 0.1) is 6.61 Å². The zero-order valence-electron chi connectivity index (χ0n) is 15.8. The SMILES string of the molecule is O=c1c(NCCCCCCOc2ccccc2)c(NC2CCNCC2)c1=O. The number of ether oxygens (including phenoxy) is 1. The van der Waals surface area contributed by atoms with E-state index in [4.69, 9.17) is 4.74 Å². The maximum Gasteiger partial charge on any atom is 0.253 e. The van der Waals surface area contributed by atoms with Gasteiger partial charge in [0.2, 0.25) is 0 Å². The molecule has 0 aromatic heterocycles. The molecule has 0 atom stereocenters. The zero-order chi connectivity index (χ0) is 18.9. The molecular formula is C21H29N3O3. The maximum absolute atomic E-state index is 11.8. The first kappa shape index (κ1) is 19.4. The summed E-state index contributed by atoms with van der Waals surface area (Å²) in [6.45, 7) is 3.33. The summed E-state index contributed by atoms with van der Waals surface area (Å²) in [7, 11) is 0. The summed E-state index contributed by atoms with van der Waals surface area (Å²) in [6.07, 6.45) is 6.08. The Morgan fingerprint density at radius 1 is 0.926 bits per heavy atom. The molecule has 27 heavy (non-hydrogen) atoms.